The Morgan fingerprint density at radius 1 is 1.33 bits per heavy atom. The Morgan fingerprint density at radius 3 is 2.75 bits per heavy atom. The van der Waals surface area contributed by atoms with Crippen LogP contribution < -0.4 is 5.32 Å². The third-order valence-electron chi connectivity index (χ3n) is 3.82. The number of nitrogens with zero attached hydrogens (tertiary/aromatic N) is 2. The first-order valence-electron chi connectivity index (χ1n) is 7.77. The third-order valence-corrected chi connectivity index (χ3v) is 7.27. The Labute approximate surface area is 144 Å². The number of amides is 1. The lowest BCUT2D eigenvalue weighted by Crippen LogP contribution is -2.35. The van der Waals surface area contributed by atoms with E-state index in [1.807, 2.05) is 0 Å². The van der Waals surface area contributed by atoms with Gasteiger partial charge in [0.05, 0.1) is 12.2 Å². The zero-order valence-corrected chi connectivity index (χ0v) is 15.0. The van der Waals surface area contributed by atoms with E-state index in [1.54, 1.807) is 29.4 Å². The van der Waals surface area contributed by atoms with E-state index in [2.05, 4.69) is 10.5 Å². The summed E-state index contributed by atoms with van der Waals surface area (Å²) < 4.78 is 31.9. The van der Waals surface area contributed by atoms with Gasteiger partial charge in [0.2, 0.25) is 5.76 Å². The van der Waals surface area contributed by atoms with Gasteiger partial charge < -0.3 is 9.84 Å². The van der Waals surface area contributed by atoms with Gasteiger partial charge in [-0.25, -0.2) is 8.42 Å². The number of sulfonamides is 1. The second kappa shape index (κ2) is 7.04. The topological polar surface area (TPSA) is 92.5 Å². The van der Waals surface area contributed by atoms with E-state index in [-0.39, 0.29) is 18.2 Å². The molecule has 2 aromatic heterocycles. The number of aromatic nitrogens is 1. The van der Waals surface area contributed by atoms with Crippen LogP contribution in [0.4, 0.5) is 0 Å². The number of carbonyl (C=O) groups excluding carboxylic acids is 1. The number of rotatable bonds is 5. The van der Waals surface area contributed by atoms with Crippen molar-refractivity contribution in [1.82, 2.24) is 14.8 Å². The van der Waals surface area contributed by atoms with E-state index in [0.717, 1.165) is 24.1 Å². The molecule has 3 heterocycles. The van der Waals surface area contributed by atoms with Gasteiger partial charge in [-0.2, -0.15) is 4.31 Å². The molecule has 1 saturated heterocycles. The highest BCUT2D eigenvalue weighted by molar-refractivity contribution is 7.91. The second-order valence-corrected chi connectivity index (χ2v) is 9.03. The van der Waals surface area contributed by atoms with Crippen LogP contribution in [0.15, 0.2) is 26.9 Å². The first-order valence-corrected chi connectivity index (χ1v) is 10.0. The molecule has 1 N–H and O–H groups in total. The van der Waals surface area contributed by atoms with Gasteiger partial charge in [0.25, 0.3) is 15.9 Å². The predicted molar refractivity (Wildman–Crippen MR) is 89.3 cm³/mol. The molecule has 0 saturated carbocycles. The lowest BCUT2D eigenvalue weighted by Gasteiger charge is -2.25. The number of nitrogens with one attached hydrogen (secondary N) is 1. The minimum atomic E-state index is -3.42. The first kappa shape index (κ1) is 17.1. The lowest BCUT2D eigenvalue weighted by molar-refractivity contribution is 0.0914. The molecule has 0 bridgehead atoms. The van der Waals surface area contributed by atoms with Gasteiger partial charge in [-0.3, -0.25) is 4.79 Å². The molecule has 130 valence electrons. The second-order valence-electron chi connectivity index (χ2n) is 5.70. The summed E-state index contributed by atoms with van der Waals surface area (Å²) in [6.07, 6.45) is 2.89. The fourth-order valence-electron chi connectivity index (χ4n) is 2.55. The van der Waals surface area contributed by atoms with Crippen LogP contribution in [-0.2, 0) is 16.6 Å². The van der Waals surface area contributed by atoms with Gasteiger partial charge in [-0.05, 0) is 31.9 Å². The average molecular weight is 369 g/mol. The van der Waals surface area contributed by atoms with Crippen LogP contribution in [0.25, 0.3) is 0 Å². The average Bonchev–Trinajstić information content (AvgIpc) is 3.23. The molecule has 2 aromatic rings. The number of hydrogen-bond donors (Lipinski definition) is 1. The highest BCUT2D eigenvalue weighted by atomic mass is 32.2. The molecule has 1 aliphatic rings. The molecular weight excluding hydrogens is 350 g/mol. The van der Waals surface area contributed by atoms with Crippen LogP contribution in [0, 0.1) is 6.92 Å². The first-order chi connectivity index (χ1) is 11.5. The van der Waals surface area contributed by atoms with E-state index in [1.165, 1.54) is 11.3 Å². The van der Waals surface area contributed by atoms with Crippen molar-refractivity contribution >= 4 is 27.3 Å². The third kappa shape index (κ3) is 3.68. The van der Waals surface area contributed by atoms with Crippen molar-refractivity contribution in [3.63, 3.8) is 0 Å². The summed E-state index contributed by atoms with van der Waals surface area (Å²) in [7, 11) is -3.42. The summed E-state index contributed by atoms with van der Waals surface area (Å²) in [6.45, 7) is 3.14. The largest absolute Gasteiger partial charge is 0.351 e. The molecule has 1 aliphatic heterocycles. The number of thiophene rings is 1. The molecule has 0 atom stereocenters. The van der Waals surface area contributed by atoms with Crippen molar-refractivity contribution in [2.75, 3.05) is 13.1 Å². The zero-order chi connectivity index (χ0) is 17.2. The molecule has 24 heavy (non-hydrogen) atoms. The summed E-state index contributed by atoms with van der Waals surface area (Å²) in [6, 6.07) is 4.89. The van der Waals surface area contributed by atoms with E-state index < -0.39 is 10.0 Å². The number of aryl methyl sites for hydroxylation is 1. The summed E-state index contributed by atoms with van der Waals surface area (Å²) in [5.74, 6) is -0.227. The summed E-state index contributed by atoms with van der Waals surface area (Å²) >= 11 is 1.19. The Hall–Kier alpha value is -1.71. The number of carbonyl (C=O) groups is 1. The molecule has 0 spiro atoms. The van der Waals surface area contributed by atoms with Crippen LogP contribution in [0.3, 0.4) is 0 Å². The van der Waals surface area contributed by atoms with Gasteiger partial charge >= 0.3 is 0 Å². The molecule has 0 aliphatic carbocycles. The van der Waals surface area contributed by atoms with Gasteiger partial charge in [0.15, 0.2) is 0 Å². The van der Waals surface area contributed by atoms with E-state index in [4.69, 9.17) is 4.52 Å². The standard InChI is InChI=1S/C15H19N3O4S2/c1-11-9-13(22-17-11)15(19)16-10-12-5-6-14(23-12)24(20,21)18-7-3-2-4-8-18/h5-6,9H,2-4,7-8,10H2,1H3,(H,16,19). The molecule has 0 radical (unpaired) electrons. The highest BCUT2D eigenvalue weighted by Gasteiger charge is 2.27. The summed E-state index contributed by atoms with van der Waals surface area (Å²) in [4.78, 5) is 12.7. The van der Waals surface area contributed by atoms with Crippen LogP contribution >= 0.6 is 11.3 Å². The molecule has 1 fully saturated rings. The van der Waals surface area contributed by atoms with E-state index in [0.29, 0.717) is 23.0 Å². The fourth-order valence-corrected chi connectivity index (χ4v) is 5.52. The van der Waals surface area contributed by atoms with Gasteiger partial charge in [0.1, 0.15) is 4.21 Å². The van der Waals surface area contributed by atoms with Crippen LogP contribution in [0.1, 0.15) is 40.4 Å². The lowest BCUT2D eigenvalue weighted by atomic mass is 10.2. The Bertz CT molecular complexity index is 819. The summed E-state index contributed by atoms with van der Waals surface area (Å²) in [5.41, 5.74) is 0.631. The highest BCUT2D eigenvalue weighted by Crippen LogP contribution is 2.27. The maximum atomic E-state index is 12.6. The van der Waals surface area contributed by atoms with Crippen LogP contribution in [0.5, 0.6) is 0 Å². The minimum Gasteiger partial charge on any atom is -0.351 e. The Kier molecular flexibility index (Phi) is 5.02. The maximum absolute atomic E-state index is 12.6. The quantitative estimate of drug-likeness (QED) is 0.872. The van der Waals surface area contributed by atoms with Gasteiger partial charge in [-0.15, -0.1) is 11.3 Å². The van der Waals surface area contributed by atoms with Crippen LogP contribution in [0.2, 0.25) is 0 Å². The number of hydrogen-bond acceptors (Lipinski definition) is 6. The monoisotopic (exact) mass is 369 g/mol. The van der Waals surface area contributed by atoms with E-state index in [9.17, 15) is 13.2 Å². The molecule has 3 rings (SSSR count). The van der Waals surface area contributed by atoms with Crippen molar-refractivity contribution in [2.24, 2.45) is 0 Å². The van der Waals surface area contributed by atoms with Crippen LogP contribution in [-0.4, -0.2) is 36.9 Å². The summed E-state index contributed by atoms with van der Waals surface area (Å²) in [5, 5.41) is 6.36. The van der Waals surface area contributed by atoms with Crippen molar-refractivity contribution in [2.45, 2.75) is 36.9 Å². The van der Waals surface area contributed by atoms with E-state index >= 15 is 0 Å². The van der Waals surface area contributed by atoms with Crippen molar-refractivity contribution < 1.29 is 17.7 Å². The molecule has 7 nitrogen and oxygen atoms in total. The Balaban J connectivity index is 1.64. The Morgan fingerprint density at radius 2 is 2.08 bits per heavy atom. The van der Waals surface area contributed by atoms with Crippen molar-refractivity contribution in [3.05, 3.63) is 34.5 Å². The molecule has 0 unspecified atom stereocenters. The zero-order valence-electron chi connectivity index (χ0n) is 13.3. The van der Waals surface area contributed by atoms with Gasteiger partial charge in [-0.1, -0.05) is 11.6 Å². The predicted octanol–water partition coefficient (Wildman–Crippen LogP) is 2.15. The van der Waals surface area contributed by atoms with Crippen molar-refractivity contribution in [1.29, 1.82) is 0 Å². The fraction of sp³-hybridized carbons (Fsp3) is 0.467. The molecular formula is C15H19N3O4S2. The maximum Gasteiger partial charge on any atom is 0.290 e. The molecule has 1 amide bonds. The SMILES string of the molecule is Cc1cc(C(=O)NCc2ccc(S(=O)(=O)N3CCCCC3)s2)on1. The smallest absolute Gasteiger partial charge is 0.290 e. The molecule has 9 heteroatoms. The molecule has 0 aromatic carbocycles. The van der Waals surface area contributed by atoms with Gasteiger partial charge in [0, 0.05) is 24.0 Å². The normalized spacial score (nSPS) is 16.2. The minimum absolute atomic E-state index is 0.144. The number of piperidine rings is 1. The van der Waals surface area contributed by atoms with Crippen molar-refractivity contribution in [3.8, 4) is 0 Å².